The molecule has 26 heavy (non-hydrogen) atoms. The van der Waals surface area contributed by atoms with Crippen LogP contribution in [-0.4, -0.2) is 41.6 Å². The van der Waals surface area contributed by atoms with Crippen LogP contribution in [0.25, 0.3) is 0 Å². The van der Waals surface area contributed by atoms with Gasteiger partial charge in [0.1, 0.15) is 5.76 Å². The van der Waals surface area contributed by atoms with Crippen molar-refractivity contribution in [2.24, 2.45) is 0 Å². The maximum Gasteiger partial charge on any atom is 0.225 e. The summed E-state index contributed by atoms with van der Waals surface area (Å²) in [6.45, 7) is 3.24. The fraction of sp³-hybridized carbons (Fsp3) is 0.286. The Hall–Kier alpha value is -2.95. The third kappa shape index (κ3) is 3.52. The first-order chi connectivity index (χ1) is 12.8. The number of furan rings is 1. The molecule has 1 aliphatic heterocycles. The first-order valence-electron chi connectivity index (χ1n) is 9.05. The van der Waals surface area contributed by atoms with Crippen LogP contribution in [0.1, 0.15) is 18.2 Å². The van der Waals surface area contributed by atoms with Crippen LogP contribution < -0.4 is 4.90 Å². The van der Waals surface area contributed by atoms with E-state index in [0.29, 0.717) is 6.42 Å². The maximum atomic E-state index is 12.9. The Balaban J connectivity index is 1.40. The monoisotopic (exact) mass is 349 g/mol. The van der Waals surface area contributed by atoms with Gasteiger partial charge < -0.3 is 18.8 Å². The number of carbonyl (C=O) groups excluding carboxylic acids is 1. The molecule has 1 saturated heterocycles. The number of anilines is 1. The Labute approximate surface area is 153 Å². The average Bonchev–Trinajstić information content (AvgIpc) is 3.41. The van der Waals surface area contributed by atoms with Crippen molar-refractivity contribution >= 4 is 11.6 Å². The molecule has 0 spiro atoms. The molecular weight excluding hydrogens is 326 g/mol. The quantitative estimate of drug-likeness (QED) is 0.709. The van der Waals surface area contributed by atoms with Gasteiger partial charge in [0.15, 0.2) is 0 Å². The maximum absolute atomic E-state index is 12.9. The highest BCUT2D eigenvalue weighted by molar-refractivity contribution is 5.77. The molecule has 0 saturated carbocycles. The number of aromatic nitrogens is 1. The van der Waals surface area contributed by atoms with Gasteiger partial charge in [-0.15, -0.1) is 0 Å². The molecule has 2 aromatic heterocycles. The number of hydrogen-bond donors (Lipinski definition) is 0. The van der Waals surface area contributed by atoms with Gasteiger partial charge in [0.05, 0.1) is 18.7 Å². The first-order valence-corrected chi connectivity index (χ1v) is 9.05. The summed E-state index contributed by atoms with van der Waals surface area (Å²) in [5.74, 6) is 0.991. The third-order valence-corrected chi connectivity index (χ3v) is 4.98. The molecule has 3 aromatic rings. The molecule has 0 aliphatic carbocycles. The molecule has 0 unspecified atom stereocenters. The van der Waals surface area contributed by atoms with Crippen LogP contribution >= 0.6 is 0 Å². The van der Waals surface area contributed by atoms with Crippen LogP contribution in [0.2, 0.25) is 0 Å². The molecule has 1 aromatic carbocycles. The Bertz CT molecular complexity index is 770. The lowest BCUT2D eigenvalue weighted by molar-refractivity contribution is -0.132. The molecule has 0 N–H and O–H groups in total. The topological polar surface area (TPSA) is 41.6 Å². The van der Waals surface area contributed by atoms with E-state index in [2.05, 4.69) is 29.2 Å². The van der Waals surface area contributed by atoms with Crippen molar-refractivity contribution in [1.29, 1.82) is 0 Å². The molecule has 5 nitrogen and oxygen atoms in total. The fourth-order valence-corrected chi connectivity index (χ4v) is 3.54. The summed E-state index contributed by atoms with van der Waals surface area (Å²) in [6.07, 6.45) is 6.03. The highest BCUT2D eigenvalue weighted by Crippen LogP contribution is 2.24. The number of piperazine rings is 1. The van der Waals surface area contributed by atoms with Crippen LogP contribution in [-0.2, 0) is 4.79 Å². The molecule has 0 bridgehead atoms. The van der Waals surface area contributed by atoms with E-state index in [1.165, 1.54) is 5.69 Å². The Morgan fingerprint density at radius 1 is 0.923 bits per heavy atom. The summed E-state index contributed by atoms with van der Waals surface area (Å²) >= 11 is 0. The van der Waals surface area contributed by atoms with Crippen LogP contribution in [0.15, 0.2) is 77.7 Å². The standard InChI is InChI=1S/C21H23N3O2/c25-21(17-19(20-9-6-16-26-20)23-10-4-5-11-23)24-14-12-22(13-15-24)18-7-2-1-3-8-18/h1-11,16,19H,12-15,17H2/t19-/m0/s1. The summed E-state index contributed by atoms with van der Waals surface area (Å²) in [6, 6.07) is 18.0. The van der Waals surface area contributed by atoms with Crippen LogP contribution in [0.5, 0.6) is 0 Å². The van der Waals surface area contributed by atoms with Crippen molar-refractivity contribution in [2.45, 2.75) is 12.5 Å². The number of hydrogen-bond acceptors (Lipinski definition) is 3. The molecule has 0 radical (unpaired) electrons. The SMILES string of the molecule is O=C(C[C@@H](c1ccco1)n1cccc1)N1CCN(c2ccccc2)CC1. The molecule has 134 valence electrons. The summed E-state index contributed by atoms with van der Waals surface area (Å²) in [4.78, 5) is 17.2. The summed E-state index contributed by atoms with van der Waals surface area (Å²) in [5.41, 5.74) is 1.22. The molecule has 4 rings (SSSR count). The predicted octanol–water partition coefficient (Wildman–Crippen LogP) is 3.41. The van der Waals surface area contributed by atoms with Gasteiger partial charge in [-0.3, -0.25) is 4.79 Å². The van der Waals surface area contributed by atoms with Crippen molar-refractivity contribution < 1.29 is 9.21 Å². The van der Waals surface area contributed by atoms with Gasteiger partial charge in [0.2, 0.25) is 5.91 Å². The highest BCUT2D eigenvalue weighted by atomic mass is 16.3. The summed E-state index contributed by atoms with van der Waals surface area (Å²) < 4.78 is 7.62. The summed E-state index contributed by atoms with van der Waals surface area (Å²) in [5, 5.41) is 0. The minimum absolute atomic E-state index is 0.0975. The zero-order valence-corrected chi connectivity index (χ0v) is 14.7. The lowest BCUT2D eigenvalue weighted by Gasteiger charge is -2.36. The largest absolute Gasteiger partial charge is 0.467 e. The number of amides is 1. The number of carbonyl (C=O) groups is 1. The van der Waals surface area contributed by atoms with E-state index in [0.717, 1.165) is 31.9 Å². The van der Waals surface area contributed by atoms with Crippen LogP contribution in [0.4, 0.5) is 5.69 Å². The Morgan fingerprint density at radius 2 is 1.65 bits per heavy atom. The van der Waals surface area contributed by atoms with E-state index in [1.807, 2.05) is 52.2 Å². The Morgan fingerprint density at radius 3 is 2.31 bits per heavy atom. The smallest absolute Gasteiger partial charge is 0.225 e. The van der Waals surface area contributed by atoms with E-state index >= 15 is 0 Å². The van der Waals surface area contributed by atoms with Gasteiger partial charge in [-0.05, 0) is 36.4 Å². The van der Waals surface area contributed by atoms with E-state index in [9.17, 15) is 4.79 Å². The second-order valence-electron chi connectivity index (χ2n) is 6.57. The van der Waals surface area contributed by atoms with Crippen molar-refractivity contribution in [3.8, 4) is 0 Å². The van der Waals surface area contributed by atoms with Gasteiger partial charge in [-0.1, -0.05) is 18.2 Å². The van der Waals surface area contributed by atoms with E-state index in [-0.39, 0.29) is 11.9 Å². The van der Waals surface area contributed by atoms with Crippen molar-refractivity contribution in [1.82, 2.24) is 9.47 Å². The zero-order valence-electron chi connectivity index (χ0n) is 14.7. The minimum atomic E-state index is -0.0975. The minimum Gasteiger partial charge on any atom is -0.467 e. The molecule has 1 amide bonds. The lowest BCUT2D eigenvalue weighted by atomic mass is 10.1. The van der Waals surface area contributed by atoms with Gasteiger partial charge >= 0.3 is 0 Å². The Kier molecular flexibility index (Phi) is 4.78. The molecular formula is C21H23N3O2. The molecule has 3 heterocycles. The fourth-order valence-electron chi connectivity index (χ4n) is 3.54. The molecule has 5 heteroatoms. The van der Waals surface area contributed by atoms with Gasteiger partial charge in [0, 0.05) is 44.3 Å². The number of rotatable bonds is 5. The predicted molar refractivity (Wildman–Crippen MR) is 101 cm³/mol. The van der Waals surface area contributed by atoms with Crippen molar-refractivity contribution in [3.63, 3.8) is 0 Å². The van der Waals surface area contributed by atoms with E-state index in [4.69, 9.17) is 4.42 Å². The van der Waals surface area contributed by atoms with Gasteiger partial charge in [-0.25, -0.2) is 0 Å². The number of nitrogens with zero attached hydrogens (tertiary/aromatic N) is 3. The number of benzene rings is 1. The van der Waals surface area contributed by atoms with Crippen LogP contribution in [0.3, 0.4) is 0 Å². The highest BCUT2D eigenvalue weighted by Gasteiger charge is 2.26. The van der Waals surface area contributed by atoms with Gasteiger partial charge in [0.25, 0.3) is 0 Å². The number of para-hydroxylation sites is 1. The van der Waals surface area contributed by atoms with Gasteiger partial charge in [-0.2, -0.15) is 0 Å². The molecule has 1 aliphatic rings. The van der Waals surface area contributed by atoms with E-state index < -0.39 is 0 Å². The zero-order chi connectivity index (χ0) is 17.8. The summed E-state index contributed by atoms with van der Waals surface area (Å²) in [7, 11) is 0. The van der Waals surface area contributed by atoms with E-state index in [1.54, 1.807) is 6.26 Å². The van der Waals surface area contributed by atoms with Crippen molar-refractivity contribution in [3.05, 3.63) is 79.0 Å². The van der Waals surface area contributed by atoms with Crippen molar-refractivity contribution in [2.75, 3.05) is 31.1 Å². The van der Waals surface area contributed by atoms with Crippen LogP contribution in [0, 0.1) is 0 Å². The third-order valence-electron chi connectivity index (χ3n) is 4.98. The molecule has 1 fully saturated rings. The second kappa shape index (κ2) is 7.52. The normalized spacial score (nSPS) is 15.8. The average molecular weight is 349 g/mol. The molecule has 1 atom stereocenters. The first kappa shape index (κ1) is 16.5. The lowest BCUT2D eigenvalue weighted by Crippen LogP contribution is -2.49. The second-order valence-corrected chi connectivity index (χ2v) is 6.57.